The number of nitrogens with one attached hydrogen (secondary N) is 1. The molecule has 1 aromatic rings. The highest BCUT2D eigenvalue weighted by atomic mass is 19.4. The van der Waals surface area contributed by atoms with Gasteiger partial charge in [-0.3, -0.25) is 4.79 Å². The van der Waals surface area contributed by atoms with E-state index in [0.29, 0.717) is 6.42 Å². The summed E-state index contributed by atoms with van der Waals surface area (Å²) in [6.07, 6.45) is -3.21. The van der Waals surface area contributed by atoms with E-state index in [1.807, 2.05) is 6.92 Å². The van der Waals surface area contributed by atoms with Gasteiger partial charge in [-0.1, -0.05) is 19.4 Å². The van der Waals surface area contributed by atoms with Gasteiger partial charge in [-0.25, -0.2) is 0 Å². The number of aryl methyl sites for hydroxylation is 1. The molecule has 106 valence electrons. The van der Waals surface area contributed by atoms with Crippen molar-refractivity contribution in [3.05, 3.63) is 29.3 Å². The van der Waals surface area contributed by atoms with E-state index in [-0.39, 0.29) is 11.3 Å². The SMILES string of the molecule is CCCC(N)C(=O)Nc1ccc(C)c(C(F)(F)F)c1. The van der Waals surface area contributed by atoms with Gasteiger partial charge in [0.15, 0.2) is 0 Å². The molecule has 1 unspecified atom stereocenters. The Bertz CT molecular complexity index is 458. The molecule has 0 aliphatic heterocycles. The third kappa shape index (κ3) is 4.24. The molecule has 1 rings (SSSR count). The van der Waals surface area contributed by atoms with Crippen molar-refractivity contribution in [2.24, 2.45) is 5.73 Å². The van der Waals surface area contributed by atoms with E-state index in [4.69, 9.17) is 5.73 Å². The molecule has 1 aromatic carbocycles. The summed E-state index contributed by atoms with van der Waals surface area (Å²) in [5.74, 6) is -0.473. The number of anilines is 1. The number of halogens is 3. The summed E-state index contributed by atoms with van der Waals surface area (Å²) in [5, 5.41) is 2.40. The zero-order valence-electron chi connectivity index (χ0n) is 10.8. The van der Waals surface area contributed by atoms with Gasteiger partial charge in [0.05, 0.1) is 11.6 Å². The number of hydrogen-bond donors (Lipinski definition) is 2. The molecular weight excluding hydrogens is 257 g/mol. The van der Waals surface area contributed by atoms with Crippen LogP contribution in [0, 0.1) is 6.92 Å². The molecule has 0 heterocycles. The Morgan fingerprint density at radius 1 is 1.42 bits per heavy atom. The predicted molar refractivity (Wildman–Crippen MR) is 67.7 cm³/mol. The van der Waals surface area contributed by atoms with Crippen LogP contribution in [0.1, 0.15) is 30.9 Å². The summed E-state index contributed by atoms with van der Waals surface area (Å²) < 4.78 is 38.1. The number of nitrogens with two attached hydrogens (primary N) is 1. The monoisotopic (exact) mass is 274 g/mol. The van der Waals surface area contributed by atoms with Gasteiger partial charge in [0, 0.05) is 5.69 Å². The number of carbonyl (C=O) groups is 1. The van der Waals surface area contributed by atoms with Crippen LogP contribution in [0.15, 0.2) is 18.2 Å². The Kier molecular flexibility index (Phi) is 4.94. The summed E-state index contributed by atoms with van der Waals surface area (Å²) in [4.78, 5) is 11.6. The number of alkyl halides is 3. The first-order chi connectivity index (χ1) is 8.75. The molecule has 6 heteroatoms. The number of benzene rings is 1. The molecule has 0 aliphatic rings. The molecular formula is C13H17F3N2O. The van der Waals surface area contributed by atoms with Crippen LogP contribution >= 0.6 is 0 Å². The second-order valence-corrected chi connectivity index (χ2v) is 4.41. The summed E-state index contributed by atoms with van der Waals surface area (Å²) in [6, 6.07) is 2.97. The van der Waals surface area contributed by atoms with Gasteiger partial charge in [-0.15, -0.1) is 0 Å². The van der Waals surface area contributed by atoms with Crippen molar-refractivity contribution in [3.8, 4) is 0 Å². The molecule has 0 spiro atoms. The molecule has 0 saturated heterocycles. The summed E-state index contributed by atoms with van der Waals surface area (Å²) in [7, 11) is 0. The topological polar surface area (TPSA) is 55.1 Å². The van der Waals surface area contributed by atoms with Crippen LogP contribution in [-0.2, 0) is 11.0 Å². The number of amides is 1. The quantitative estimate of drug-likeness (QED) is 0.886. The highest BCUT2D eigenvalue weighted by molar-refractivity contribution is 5.94. The van der Waals surface area contributed by atoms with Crippen molar-refractivity contribution in [2.45, 2.75) is 38.9 Å². The molecule has 0 bridgehead atoms. The molecule has 3 N–H and O–H groups in total. The van der Waals surface area contributed by atoms with Crippen molar-refractivity contribution in [1.82, 2.24) is 0 Å². The first-order valence-corrected chi connectivity index (χ1v) is 6.00. The standard InChI is InChI=1S/C13H17F3N2O/c1-3-4-11(17)12(19)18-9-6-5-8(2)10(7-9)13(14,15)16/h5-7,11H,3-4,17H2,1-2H3,(H,18,19). The Hall–Kier alpha value is -1.56. The first kappa shape index (κ1) is 15.5. The van der Waals surface area contributed by atoms with E-state index >= 15 is 0 Å². The normalized spacial score (nSPS) is 13.2. The average molecular weight is 274 g/mol. The van der Waals surface area contributed by atoms with E-state index in [1.54, 1.807) is 0 Å². The lowest BCUT2D eigenvalue weighted by Gasteiger charge is -2.14. The second-order valence-electron chi connectivity index (χ2n) is 4.41. The molecule has 1 atom stereocenters. The minimum absolute atomic E-state index is 0.106. The Morgan fingerprint density at radius 2 is 2.05 bits per heavy atom. The number of rotatable bonds is 4. The maximum atomic E-state index is 12.7. The predicted octanol–water partition coefficient (Wildman–Crippen LogP) is 3.08. The molecule has 0 aromatic heterocycles. The van der Waals surface area contributed by atoms with Gasteiger partial charge in [-0.2, -0.15) is 13.2 Å². The van der Waals surface area contributed by atoms with Gasteiger partial charge in [0.1, 0.15) is 0 Å². The van der Waals surface area contributed by atoms with Crippen LogP contribution in [0.3, 0.4) is 0 Å². The van der Waals surface area contributed by atoms with Crippen LogP contribution in [0.2, 0.25) is 0 Å². The number of carbonyl (C=O) groups excluding carboxylic acids is 1. The number of hydrogen-bond acceptors (Lipinski definition) is 2. The Labute approximate surface area is 110 Å². The maximum absolute atomic E-state index is 12.7. The van der Waals surface area contributed by atoms with E-state index in [9.17, 15) is 18.0 Å². The highest BCUT2D eigenvalue weighted by Crippen LogP contribution is 2.33. The fraction of sp³-hybridized carbons (Fsp3) is 0.462. The van der Waals surface area contributed by atoms with Crippen LogP contribution in [0.25, 0.3) is 0 Å². The fourth-order valence-corrected chi connectivity index (χ4v) is 1.68. The minimum atomic E-state index is -4.43. The molecule has 1 amide bonds. The molecule has 0 fully saturated rings. The van der Waals surface area contributed by atoms with Gasteiger partial charge in [0.2, 0.25) is 5.91 Å². The van der Waals surface area contributed by atoms with Crippen molar-refractivity contribution in [3.63, 3.8) is 0 Å². The maximum Gasteiger partial charge on any atom is 0.416 e. The third-order valence-electron chi connectivity index (χ3n) is 2.75. The Balaban J connectivity index is 2.89. The van der Waals surface area contributed by atoms with Crippen LogP contribution in [0.5, 0.6) is 0 Å². The van der Waals surface area contributed by atoms with Crippen molar-refractivity contribution in [1.29, 1.82) is 0 Å². The summed E-state index contributed by atoms with van der Waals surface area (Å²) >= 11 is 0. The third-order valence-corrected chi connectivity index (χ3v) is 2.75. The molecule has 0 saturated carbocycles. The zero-order chi connectivity index (χ0) is 14.6. The summed E-state index contributed by atoms with van der Waals surface area (Å²) in [5.41, 5.74) is 5.06. The lowest BCUT2D eigenvalue weighted by Crippen LogP contribution is -2.35. The lowest BCUT2D eigenvalue weighted by molar-refractivity contribution is -0.138. The van der Waals surface area contributed by atoms with E-state index in [2.05, 4.69) is 5.32 Å². The average Bonchev–Trinajstić information content (AvgIpc) is 2.30. The first-order valence-electron chi connectivity index (χ1n) is 6.00. The molecule has 3 nitrogen and oxygen atoms in total. The largest absolute Gasteiger partial charge is 0.416 e. The van der Waals surface area contributed by atoms with Crippen molar-refractivity contribution >= 4 is 11.6 Å². The van der Waals surface area contributed by atoms with E-state index in [0.717, 1.165) is 12.5 Å². The van der Waals surface area contributed by atoms with Gasteiger partial charge >= 0.3 is 6.18 Å². The van der Waals surface area contributed by atoms with Crippen LogP contribution < -0.4 is 11.1 Å². The van der Waals surface area contributed by atoms with Gasteiger partial charge < -0.3 is 11.1 Å². The molecule has 19 heavy (non-hydrogen) atoms. The van der Waals surface area contributed by atoms with Gasteiger partial charge in [0.25, 0.3) is 0 Å². The molecule has 0 aliphatic carbocycles. The van der Waals surface area contributed by atoms with Crippen molar-refractivity contribution in [2.75, 3.05) is 5.32 Å². The minimum Gasteiger partial charge on any atom is -0.325 e. The fourth-order valence-electron chi connectivity index (χ4n) is 1.68. The van der Waals surface area contributed by atoms with Crippen molar-refractivity contribution < 1.29 is 18.0 Å². The molecule has 0 radical (unpaired) electrons. The smallest absolute Gasteiger partial charge is 0.325 e. The van der Waals surface area contributed by atoms with Gasteiger partial charge in [-0.05, 0) is 31.0 Å². The van der Waals surface area contributed by atoms with Crippen LogP contribution in [0.4, 0.5) is 18.9 Å². The zero-order valence-corrected chi connectivity index (χ0v) is 10.8. The second kappa shape index (κ2) is 6.06. The van der Waals surface area contributed by atoms with E-state index in [1.165, 1.54) is 19.1 Å². The lowest BCUT2D eigenvalue weighted by atomic mass is 10.1. The van der Waals surface area contributed by atoms with Crippen LogP contribution in [-0.4, -0.2) is 11.9 Å². The highest BCUT2D eigenvalue weighted by Gasteiger charge is 2.32. The Morgan fingerprint density at radius 3 is 2.58 bits per heavy atom. The summed E-state index contributed by atoms with van der Waals surface area (Å²) in [6.45, 7) is 3.25. The van der Waals surface area contributed by atoms with E-state index < -0.39 is 23.7 Å².